The van der Waals surface area contributed by atoms with Crippen LogP contribution in [-0.4, -0.2) is 65.0 Å². The smallest absolute Gasteiger partial charge is 0.417 e. The van der Waals surface area contributed by atoms with Gasteiger partial charge in [-0.2, -0.15) is 29.6 Å². The van der Waals surface area contributed by atoms with E-state index in [0.717, 1.165) is 31.9 Å². The summed E-state index contributed by atoms with van der Waals surface area (Å²) in [6.07, 6.45) is -1.46. The minimum Gasteiger partial charge on any atom is -0.479 e. The fraction of sp³-hybridized carbons (Fsp3) is 0.406. The van der Waals surface area contributed by atoms with Gasteiger partial charge in [0.1, 0.15) is 11.3 Å². The van der Waals surface area contributed by atoms with E-state index < -0.39 is 35.3 Å². The first-order chi connectivity index (χ1) is 20.7. The fourth-order valence-corrected chi connectivity index (χ4v) is 6.77. The Balaban J connectivity index is 0.000000293. The van der Waals surface area contributed by atoms with Crippen LogP contribution in [0.5, 0.6) is 6.01 Å². The minimum atomic E-state index is -4.83. The zero-order chi connectivity index (χ0) is 29.9. The van der Waals surface area contributed by atoms with Crippen molar-refractivity contribution in [3.8, 4) is 17.1 Å². The van der Waals surface area contributed by atoms with Crippen molar-refractivity contribution in [2.75, 3.05) is 37.7 Å². The third kappa shape index (κ3) is 5.91. The average molecular weight is 836 g/mol. The van der Waals surface area contributed by atoms with Crippen molar-refractivity contribution in [3.05, 3.63) is 66.0 Å². The van der Waals surface area contributed by atoms with Gasteiger partial charge in [0.25, 0.3) is 0 Å². The summed E-state index contributed by atoms with van der Waals surface area (Å²) in [5.74, 6) is -0.815. The summed E-state index contributed by atoms with van der Waals surface area (Å²) in [6, 6.07) is 13.3. The molecule has 3 aliphatic heterocycles. The molecule has 6 nitrogen and oxygen atoms in total. The molecule has 1 aliphatic carbocycles. The largest absolute Gasteiger partial charge is 0.479 e. The first-order valence-corrected chi connectivity index (χ1v) is 14.6. The maximum absolute atomic E-state index is 16.0. The summed E-state index contributed by atoms with van der Waals surface area (Å²) in [7, 11) is 0. The Labute approximate surface area is 275 Å². The number of nitrogens with zero attached hydrogens (tertiary/aromatic N) is 4. The van der Waals surface area contributed by atoms with Crippen LogP contribution in [0.1, 0.15) is 31.2 Å². The molecule has 8 rings (SSSR count). The predicted molar refractivity (Wildman–Crippen MR) is 153 cm³/mol. The van der Waals surface area contributed by atoms with Crippen molar-refractivity contribution in [2.24, 2.45) is 5.92 Å². The number of ether oxygens (including phenoxy) is 1. The van der Waals surface area contributed by atoms with Gasteiger partial charge in [0, 0.05) is 60.6 Å². The Hall–Kier alpha value is -2.52. The molecule has 1 N–H and O–H groups in total. The van der Waals surface area contributed by atoms with E-state index in [1.165, 1.54) is 18.5 Å². The van der Waals surface area contributed by atoms with Gasteiger partial charge in [0.05, 0.1) is 24.9 Å². The quantitative estimate of drug-likeness (QED) is 0.176. The molecule has 3 aromatic carbocycles. The molecule has 0 spiro atoms. The van der Waals surface area contributed by atoms with Gasteiger partial charge in [-0.05, 0) is 41.9 Å². The van der Waals surface area contributed by atoms with Gasteiger partial charge in [-0.1, -0.05) is 48.9 Å². The van der Waals surface area contributed by atoms with Crippen LogP contribution >= 0.6 is 0 Å². The van der Waals surface area contributed by atoms with Crippen molar-refractivity contribution < 1.29 is 62.9 Å². The van der Waals surface area contributed by atoms with E-state index in [4.69, 9.17) is 4.74 Å². The second kappa shape index (κ2) is 12.3. The number of alkyl halides is 4. The second-order valence-corrected chi connectivity index (χ2v) is 11.6. The monoisotopic (exact) mass is 835 g/mol. The van der Waals surface area contributed by atoms with Crippen LogP contribution in [0.4, 0.5) is 27.8 Å². The van der Waals surface area contributed by atoms with Gasteiger partial charge in [0.15, 0.2) is 5.82 Å². The first-order valence-electron chi connectivity index (χ1n) is 14.6. The number of hydrogen-bond donors (Lipinski definition) is 1. The average Bonchev–Trinajstić information content (AvgIpc) is 3.53. The number of aromatic nitrogens is 2. The predicted octanol–water partition coefficient (Wildman–Crippen LogP) is 6.89. The summed E-state index contributed by atoms with van der Waals surface area (Å²) in [6.45, 7) is 3.08. The molecule has 4 heterocycles. The van der Waals surface area contributed by atoms with Crippen molar-refractivity contribution in [1.82, 2.24) is 14.9 Å². The van der Waals surface area contributed by atoms with Crippen LogP contribution in [0, 0.1) is 48.9 Å². The molecule has 0 radical (unpaired) electrons. The van der Waals surface area contributed by atoms with E-state index in [2.05, 4.69) is 14.9 Å². The number of fused-ring (bicyclic) bond motifs is 4. The summed E-state index contributed by atoms with van der Waals surface area (Å²) in [4.78, 5) is 11.9. The summed E-state index contributed by atoms with van der Waals surface area (Å²) >= 11 is 0. The molecule has 1 aromatic heterocycles. The Morgan fingerprint density at radius 2 is 1.82 bits per heavy atom. The number of rotatable bonds is 2. The molecular formula is C32H30F5N4O2U-. The van der Waals surface area contributed by atoms with Crippen LogP contribution in [0.15, 0.2) is 48.5 Å². The zero-order valence-electron chi connectivity index (χ0n) is 23.7. The minimum absolute atomic E-state index is 0. The number of anilines is 1. The van der Waals surface area contributed by atoms with Crippen LogP contribution in [-0.2, 0) is 10.9 Å². The number of benzene rings is 3. The maximum atomic E-state index is 16.0. The summed E-state index contributed by atoms with van der Waals surface area (Å²) < 4.78 is 77.3. The third-order valence-electron chi connectivity index (χ3n) is 8.85. The first kappa shape index (κ1) is 31.5. The number of aromatic hydroxyl groups is 1. The van der Waals surface area contributed by atoms with E-state index in [1.807, 2.05) is 0 Å². The zero-order valence-corrected chi connectivity index (χ0v) is 27.9. The molecule has 4 aliphatic rings. The molecule has 230 valence electrons. The molecule has 0 amide bonds. The van der Waals surface area contributed by atoms with Gasteiger partial charge < -0.3 is 19.6 Å². The molecule has 1 saturated carbocycles. The molecule has 4 aromatic rings. The molecule has 4 fully saturated rings. The van der Waals surface area contributed by atoms with Crippen LogP contribution in [0.25, 0.3) is 32.8 Å². The Morgan fingerprint density at radius 3 is 2.61 bits per heavy atom. The molecule has 12 heteroatoms. The van der Waals surface area contributed by atoms with E-state index in [1.54, 1.807) is 41.3 Å². The molecule has 3 saturated heterocycles. The van der Waals surface area contributed by atoms with Crippen LogP contribution < -0.4 is 4.90 Å². The Morgan fingerprint density at radius 1 is 1.02 bits per heavy atom. The molecule has 0 bridgehead atoms. The van der Waals surface area contributed by atoms with Gasteiger partial charge >= 0.3 is 12.2 Å². The third-order valence-corrected chi connectivity index (χ3v) is 8.85. The second-order valence-electron chi connectivity index (χ2n) is 11.6. The molecular weight excluding hydrogens is 805 g/mol. The van der Waals surface area contributed by atoms with Crippen molar-refractivity contribution in [3.63, 3.8) is 0 Å². The van der Waals surface area contributed by atoms with E-state index in [-0.39, 0.29) is 65.4 Å². The molecule has 0 unspecified atom stereocenters. The van der Waals surface area contributed by atoms with E-state index >= 15 is 4.39 Å². The van der Waals surface area contributed by atoms with Gasteiger partial charge in [-0.25, -0.2) is 14.8 Å². The SMILES string of the molecule is F[C@@H]1C[C-]2CCCN2C1.Oc1nc(N2CCOC[C@H]3C[C@H]32)c2cc(C(F)(F)F)c(-c3cccc4ccccc34)c(F)c2n1.[U]. The van der Waals surface area contributed by atoms with Crippen molar-refractivity contribution >= 4 is 27.5 Å². The number of hydrogen-bond acceptors (Lipinski definition) is 6. The maximum Gasteiger partial charge on any atom is 0.417 e. The van der Waals surface area contributed by atoms with Crippen molar-refractivity contribution in [1.29, 1.82) is 0 Å². The summed E-state index contributed by atoms with van der Waals surface area (Å²) in [5.41, 5.74) is -1.94. The summed E-state index contributed by atoms with van der Waals surface area (Å²) in [5, 5.41) is 11.3. The Bertz CT molecular complexity index is 1670. The molecule has 44 heavy (non-hydrogen) atoms. The van der Waals surface area contributed by atoms with E-state index in [9.17, 15) is 22.7 Å². The standard InChI is InChI=1S/C25H19F4N3O2.C7H11FN.U/c26-21-20(16-7-3-5-13-4-1-2-6-15(13)16)18(25(27,28)29)11-17-22(21)30-24(33)31-23(17)32-8-9-34-12-14-10-19(14)32;8-6-4-7-2-1-3-9(7)5-6;/h1-7,11,14,19H,8-10,12H2,(H,30,31,33);6H,1-5H2;/q;-1;/t14-,19-;6-;/m11./s1. The van der Waals surface area contributed by atoms with Crippen LogP contribution in [0.3, 0.4) is 0 Å². The Kier molecular flexibility index (Phi) is 8.83. The van der Waals surface area contributed by atoms with Crippen molar-refractivity contribution in [2.45, 2.75) is 44.1 Å². The normalized spacial score (nSPS) is 23.5. The number of halogens is 5. The van der Waals surface area contributed by atoms with Gasteiger partial charge in [-0.15, -0.1) is 6.42 Å². The fourth-order valence-electron chi connectivity index (χ4n) is 6.77. The van der Waals surface area contributed by atoms with E-state index in [0.29, 0.717) is 37.1 Å². The topological polar surface area (TPSA) is 61.7 Å². The molecule has 3 atom stereocenters. The van der Waals surface area contributed by atoms with Gasteiger partial charge in [-0.3, -0.25) is 0 Å². The van der Waals surface area contributed by atoms with Crippen LogP contribution in [0.2, 0.25) is 0 Å². The van der Waals surface area contributed by atoms with Gasteiger partial charge in [0.2, 0.25) is 0 Å².